The van der Waals surface area contributed by atoms with E-state index in [1.165, 1.54) is 35.4 Å². The van der Waals surface area contributed by atoms with Gasteiger partial charge in [-0.15, -0.1) is 0 Å². The van der Waals surface area contributed by atoms with Crippen LogP contribution in [0.5, 0.6) is 11.5 Å². The van der Waals surface area contributed by atoms with E-state index in [1.807, 2.05) is 12.1 Å². The third-order valence-electron chi connectivity index (χ3n) is 6.78. The number of nitrogens with zero attached hydrogens (tertiary/aromatic N) is 2. The molecule has 4 aromatic rings. The molecule has 0 bridgehead atoms. The third kappa shape index (κ3) is 7.13. The van der Waals surface area contributed by atoms with Crippen LogP contribution in [0, 0.1) is 33.3 Å². The molecule has 0 spiro atoms. The summed E-state index contributed by atoms with van der Waals surface area (Å²) in [4.78, 5) is 22.9. The van der Waals surface area contributed by atoms with E-state index in [0.29, 0.717) is 22.3 Å². The predicted octanol–water partition coefficient (Wildman–Crippen LogP) is 7.75. The number of carbonyl (C=O) groups excluding carboxylic acids is 1. The molecule has 0 saturated heterocycles. The molecule has 0 fully saturated rings. The first kappa shape index (κ1) is 29.8. The smallest absolute Gasteiger partial charge is 0.390 e. The fraction of sp³-hybridized carbons (Fsp3) is 0.257. The van der Waals surface area contributed by atoms with Gasteiger partial charge in [-0.3, -0.25) is 10.1 Å². The lowest BCUT2D eigenvalue weighted by Gasteiger charge is -2.26. The number of hydrogen-bond acceptors (Lipinski definition) is 6. The van der Waals surface area contributed by atoms with Gasteiger partial charge in [0, 0.05) is 23.4 Å². The van der Waals surface area contributed by atoms with E-state index in [-0.39, 0.29) is 28.9 Å². The van der Waals surface area contributed by atoms with Gasteiger partial charge in [0.25, 0.3) is 5.69 Å². The van der Waals surface area contributed by atoms with Crippen LogP contribution in [-0.4, -0.2) is 10.9 Å². The summed E-state index contributed by atoms with van der Waals surface area (Å²) in [5.41, 5.74) is 4.11. The predicted molar refractivity (Wildman–Crippen MR) is 162 cm³/mol. The highest BCUT2D eigenvalue weighted by molar-refractivity contribution is 5.95. The summed E-state index contributed by atoms with van der Waals surface area (Å²) in [5.74, 6) is 5.16. The second kappa shape index (κ2) is 11.8. The lowest BCUT2D eigenvalue weighted by atomic mass is 9.79. The number of rotatable bonds is 5. The minimum Gasteiger partial charge on any atom is -0.488 e. The molecule has 7 heteroatoms. The Balaban J connectivity index is 1.70. The van der Waals surface area contributed by atoms with Gasteiger partial charge in [-0.05, 0) is 63.2 Å². The molecule has 0 atom stereocenters. The Kier molecular flexibility index (Phi) is 8.36. The Bertz CT molecular complexity index is 1740. The zero-order valence-corrected chi connectivity index (χ0v) is 24.6. The van der Waals surface area contributed by atoms with Gasteiger partial charge in [-0.25, -0.2) is 4.79 Å². The molecule has 0 aliphatic heterocycles. The van der Waals surface area contributed by atoms with Gasteiger partial charge in [0.2, 0.25) is 0 Å². The van der Waals surface area contributed by atoms with Crippen LogP contribution in [0.1, 0.15) is 69.4 Å². The molecular weight excluding hydrogens is 528 g/mol. The van der Waals surface area contributed by atoms with Crippen molar-refractivity contribution in [3.8, 4) is 29.4 Å². The van der Waals surface area contributed by atoms with Gasteiger partial charge in [0.05, 0.1) is 22.1 Å². The number of benzene rings is 4. The first-order valence-corrected chi connectivity index (χ1v) is 13.5. The van der Waals surface area contributed by atoms with Gasteiger partial charge in [-0.2, -0.15) is 5.26 Å². The van der Waals surface area contributed by atoms with Crippen molar-refractivity contribution in [3.63, 3.8) is 0 Å². The van der Waals surface area contributed by atoms with Crippen LogP contribution < -0.4 is 9.47 Å². The van der Waals surface area contributed by atoms with E-state index in [0.717, 1.165) is 10.9 Å². The summed E-state index contributed by atoms with van der Waals surface area (Å²) in [5, 5.41) is 21.9. The third-order valence-corrected chi connectivity index (χ3v) is 6.78. The Hall–Kier alpha value is -5.14. The number of esters is 1. The molecule has 0 amide bonds. The van der Waals surface area contributed by atoms with Gasteiger partial charge in [0.15, 0.2) is 0 Å². The van der Waals surface area contributed by atoms with E-state index >= 15 is 0 Å². The molecule has 0 heterocycles. The Morgan fingerprint density at radius 1 is 0.881 bits per heavy atom. The Morgan fingerprint density at radius 3 is 2.07 bits per heavy atom. The highest BCUT2D eigenvalue weighted by atomic mass is 16.6. The van der Waals surface area contributed by atoms with Crippen molar-refractivity contribution in [1.82, 2.24) is 0 Å². The molecule has 0 radical (unpaired) electrons. The summed E-state index contributed by atoms with van der Waals surface area (Å²) in [6.45, 7) is 13.4. The van der Waals surface area contributed by atoms with Crippen molar-refractivity contribution < 1.29 is 19.2 Å². The van der Waals surface area contributed by atoms with Crippen LogP contribution in [0.4, 0.5) is 5.69 Å². The molecule has 212 valence electrons. The van der Waals surface area contributed by atoms with Crippen LogP contribution >= 0.6 is 0 Å². The topological polar surface area (TPSA) is 102 Å². The number of ether oxygens (including phenoxy) is 2. The molecule has 0 aromatic heterocycles. The lowest BCUT2D eigenvalue weighted by Crippen LogP contribution is -2.17. The lowest BCUT2D eigenvalue weighted by molar-refractivity contribution is -0.384. The van der Waals surface area contributed by atoms with Crippen LogP contribution in [0.15, 0.2) is 72.8 Å². The standard InChI is InChI=1S/C35H32N2O5/c1-34(2,3)26-17-24(18-27(20-26)35(4,5)6)22-41-32-15-9-25-8-7-23(21-36)19-31(25)30(32)14-16-33(38)42-29-12-10-28(11-13-29)37(39)40/h7-13,15,17-20H,22H2,1-6H3. The summed E-state index contributed by atoms with van der Waals surface area (Å²) >= 11 is 0. The molecular formula is C35H32N2O5. The molecule has 4 rings (SSSR count). The largest absolute Gasteiger partial charge is 0.488 e. The first-order valence-electron chi connectivity index (χ1n) is 13.5. The van der Waals surface area contributed by atoms with Crippen molar-refractivity contribution in [2.45, 2.75) is 59.0 Å². The maximum atomic E-state index is 12.6. The highest BCUT2D eigenvalue weighted by Crippen LogP contribution is 2.32. The number of nitro benzene ring substituents is 1. The molecule has 42 heavy (non-hydrogen) atoms. The zero-order valence-electron chi connectivity index (χ0n) is 24.6. The number of non-ortho nitro benzene ring substituents is 1. The number of nitro groups is 1. The van der Waals surface area contributed by atoms with E-state index in [9.17, 15) is 20.2 Å². The van der Waals surface area contributed by atoms with Crippen LogP contribution in [0.2, 0.25) is 0 Å². The zero-order chi connectivity index (χ0) is 30.7. The molecule has 0 saturated carbocycles. The fourth-order valence-corrected chi connectivity index (χ4v) is 4.30. The van der Waals surface area contributed by atoms with Crippen molar-refractivity contribution in [2.75, 3.05) is 0 Å². The van der Waals surface area contributed by atoms with Gasteiger partial charge >= 0.3 is 5.97 Å². The minimum absolute atomic E-state index is 0.0483. The van der Waals surface area contributed by atoms with E-state index < -0.39 is 10.9 Å². The number of hydrogen-bond donors (Lipinski definition) is 0. The molecule has 0 N–H and O–H groups in total. The van der Waals surface area contributed by atoms with Gasteiger partial charge < -0.3 is 9.47 Å². The van der Waals surface area contributed by atoms with Crippen LogP contribution in [0.3, 0.4) is 0 Å². The van der Waals surface area contributed by atoms with Crippen molar-refractivity contribution in [1.29, 1.82) is 5.26 Å². The second-order valence-corrected chi connectivity index (χ2v) is 12.1. The average Bonchev–Trinajstić information content (AvgIpc) is 2.93. The quantitative estimate of drug-likeness (QED) is 0.0813. The SMILES string of the molecule is CC(C)(C)c1cc(COc2ccc3ccc(C#N)cc3c2C#CC(=O)Oc2ccc([N+](=O)[O-])cc2)cc(C(C)(C)C)c1. The maximum absolute atomic E-state index is 12.6. The Labute approximate surface area is 245 Å². The second-order valence-electron chi connectivity index (χ2n) is 12.1. The fourth-order valence-electron chi connectivity index (χ4n) is 4.30. The molecule has 0 unspecified atom stereocenters. The minimum atomic E-state index is -0.837. The molecule has 7 nitrogen and oxygen atoms in total. The molecule has 0 aliphatic carbocycles. The summed E-state index contributed by atoms with van der Waals surface area (Å²) in [6.07, 6.45) is 0. The van der Waals surface area contributed by atoms with E-state index in [1.54, 1.807) is 18.2 Å². The summed E-state index contributed by atoms with van der Waals surface area (Å²) in [7, 11) is 0. The van der Waals surface area contributed by atoms with Crippen molar-refractivity contribution in [3.05, 3.63) is 111 Å². The Morgan fingerprint density at radius 2 is 1.50 bits per heavy atom. The van der Waals surface area contributed by atoms with Gasteiger partial charge in [-0.1, -0.05) is 77.8 Å². The van der Waals surface area contributed by atoms with Gasteiger partial charge in [0.1, 0.15) is 18.1 Å². The van der Waals surface area contributed by atoms with E-state index in [4.69, 9.17) is 9.47 Å². The normalized spacial score (nSPS) is 11.3. The summed E-state index contributed by atoms with van der Waals surface area (Å²) in [6, 6.07) is 22.8. The number of fused-ring (bicyclic) bond motifs is 1. The average molecular weight is 561 g/mol. The first-order chi connectivity index (χ1) is 19.7. The van der Waals surface area contributed by atoms with Crippen LogP contribution in [0.25, 0.3) is 10.8 Å². The highest BCUT2D eigenvalue weighted by Gasteiger charge is 2.21. The van der Waals surface area contributed by atoms with Crippen molar-refractivity contribution >= 4 is 22.4 Å². The van der Waals surface area contributed by atoms with E-state index in [2.05, 4.69) is 77.7 Å². The molecule has 4 aromatic carbocycles. The number of carbonyl (C=O) groups is 1. The monoisotopic (exact) mass is 560 g/mol. The summed E-state index contributed by atoms with van der Waals surface area (Å²) < 4.78 is 11.6. The van der Waals surface area contributed by atoms with Crippen LogP contribution in [-0.2, 0) is 22.2 Å². The number of nitriles is 1. The maximum Gasteiger partial charge on any atom is 0.390 e. The van der Waals surface area contributed by atoms with Crippen molar-refractivity contribution in [2.24, 2.45) is 0 Å². The molecule has 0 aliphatic rings.